The molecule has 1 unspecified atom stereocenters. The van der Waals surface area contributed by atoms with Crippen molar-refractivity contribution in [3.8, 4) is 11.5 Å². The molecule has 0 spiro atoms. The molecule has 26 heavy (non-hydrogen) atoms. The van der Waals surface area contributed by atoms with Crippen LogP contribution in [-0.2, 0) is 14.3 Å². The lowest BCUT2D eigenvalue weighted by Gasteiger charge is -2.23. The molecule has 1 atom stereocenters. The predicted molar refractivity (Wildman–Crippen MR) is 88.3 cm³/mol. The summed E-state index contributed by atoms with van der Waals surface area (Å²) in [6.07, 6.45) is 0.299. The Hall–Kier alpha value is -2.88. The number of carboxylic acid groups (broad SMARTS) is 1. The number of rotatable bonds is 8. The summed E-state index contributed by atoms with van der Waals surface area (Å²) in [6.45, 7) is 0.0412. The Morgan fingerprint density at radius 3 is 2.69 bits per heavy atom. The average molecular weight is 368 g/mol. The second-order valence-corrected chi connectivity index (χ2v) is 5.96. The minimum Gasteiger partial charge on any atom is -0.490 e. The van der Waals surface area contributed by atoms with Crippen LogP contribution in [0.2, 0.25) is 0 Å². The van der Waals surface area contributed by atoms with Gasteiger partial charge in [0.25, 0.3) is 5.91 Å². The van der Waals surface area contributed by atoms with Gasteiger partial charge >= 0.3 is 11.7 Å². The third kappa shape index (κ3) is 4.02. The van der Waals surface area contributed by atoms with Crippen LogP contribution in [0.4, 0.5) is 5.69 Å². The van der Waals surface area contributed by atoms with E-state index in [1.807, 2.05) is 0 Å². The maximum absolute atomic E-state index is 12.3. The molecule has 1 aromatic rings. The van der Waals surface area contributed by atoms with Gasteiger partial charge in [-0.05, 0) is 12.5 Å². The van der Waals surface area contributed by atoms with Gasteiger partial charge in [-0.2, -0.15) is 0 Å². The number of methoxy groups -OCH3 is 2. The van der Waals surface area contributed by atoms with Crippen molar-refractivity contribution < 1.29 is 33.8 Å². The number of likely N-dealkylation sites (tertiary alicyclic amines) is 1. The minimum absolute atomic E-state index is 0.0195. The Morgan fingerprint density at radius 1 is 1.38 bits per heavy atom. The molecule has 1 heterocycles. The molecule has 1 saturated heterocycles. The first kappa shape index (κ1) is 19.4. The molecule has 10 heteroatoms. The number of carbonyl (C=O) groups excluding carboxylic acids is 1. The standard InChI is InChI=1S/C16H20N2O8/c1-24-10-16(15(20)21)5-6-17(9-16)14(19)8-26-11-3-4-12(18(22)23)13(7-11)25-2/h3-4,7H,5-6,8-10H2,1-2H3,(H,20,21). The van der Waals surface area contributed by atoms with Gasteiger partial charge in [0.05, 0.1) is 18.6 Å². The van der Waals surface area contributed by atoms with Crippen molar-refractivity contribution in [2.75, 3.05) is 40.5 Å². The molecule has 10 nitrogen and oxygen atoms in total. The highest BCUT2D eigenvalue weighted by atomic mass is 16.6. The van der Waals surface area contributed by atoms with Gasteiger partial charge in [0.15, 0.2) is 6.61 Å². The number of hydrogen-bond acceptors (Lipinski definition) is 7. The van der Waals surface area contributed by atoms with Crippen LogP contribution in [0, 0.1) is 15.5 Å². The SMILES string of the molecule is COCC1(C(=O)O)CCN(C(=O)COc2ccc([N+](=O)[O-])c(OC)c2)C1. The third-order valence-corrected chi connectivity index (χ3v) is 4.29. The van der Waals surface area contributed by atoms with E-state index in [1.54, 1.807) is 0 Å². The Balaban J connectivity index is 1.99. The van der Waals surface area contributed by atoms with Crippen molar-refractivity contribution >= 4 is 17.6 Å². The highest BCUT2D eigenvalue weighted by Crippen LogP contribution is 2.32. The van der Waals surface area contributed by atoms with E-state index < -0.39 is 16.3 Å². The second-order valence-electron chi connectivity index (χ2n) is 5.96. The summed E-state index contributed by atoms with van der Waals surface area (Å²) in [5, 5.41) is 20.3. The van der Waals surface area contributed by atoms with Gasteiger partial charge in [0.1, 0.15) is 11.2 Å². The molecule has 1 fully saturated rings. The first-order chi connectivity index (χ1) is 12.3. The van der Waals surface area contributed by atoms with Gasteiger partial charge in [-0.1, -0.05) is 0 Å². The fourth-order valence-corrected chi connectivity index (χ4v) is 2.85. The molecule has 2 rings (SSSR count). The normalized spacial score (nSPS) is 19.2. The number of carboxylic acids is 1. The molecular weight excluding hydrogens is 348 g/mol. The zero-order chi connectivity index (χ0) is 19.3. The van der Waals surface area contributed by atoms with Crippen LogP contribution in [0.25, 0.3) is 0 Å². The zero-order valence-electron chi connectivity index (χ0n) is 14.5. The van der Waals surface area contributed by atoms with Gasteiger partial charge in [-0.3, -0.25) is 19.7 Å². The van der Waals surface area contributed by atoms with Gasteiger partial charge in [0.2, 0.25) is 5.75 Å². The Morgan fingerprint density at radius 2 is 2.12 bits per heavy atom. The number of ether oxygens (including phenoxy) is 3. The summed E-state index contributed by atoms with van der Waals surface area (Å²) in [5.74, 6) is -1.12. The number of hydrogen-bond donors (Lipinski definition) is 1. The quantitative estimate of drug-likeness (QED) is 0.530. The second kappa shape index (κ2) is 8.00. The number of nitro benzene ring substituents is 1. The van der Waals surface area contributed by atoms with Crippen LogP contribution in [-0.4, -0.2) is 67.3 Å². The minimum atomic E-state index is -1.11. The summed E-state index contributed by atoms with van der Waals surface area (Å²) < 4.78 is 15.3. The summed E-state index contributed by atoms with van der Waals surface area (Å²) in [7, 11) is 2.71. The molecular formula is C16H20N2O8. The molecule has 1 aliphatic heterocycles. The summed E-state index contributed by atoms with van der Waals surface area (Å²) in [4.78, 5) is 35.5. The van der Waals surface area contributed by atoms with E-state index in [4.69, 9.17) is 14.2 Å². The van der Waals surface area contributed by atoms with Crippen LogP contribution >= 0.6 is 0 Å². The van der Waals surface area contributed by atoms with E-state index in [0.29, 0.717) is 13.0 Å². The van der Waals surface area contributed by atoms with Crippen molar-refractivity contribution in [3.63, 3.8) is 0 Å². The number of nitrogens with zero attached hydrogens (tertiary/aromatic N) is 2. The van der Waals surface area contributed by atoms with E-state index in [-0.39, 0.29) is 42.9 Å². The molecule has 0 radical (unpaired) electrons. The number of carbonyl (C=O) groups is 2. The van der Waals surface area contributed by atoms with Crippen molar-refractivity contribution in [1.29, 1.82) is 0 Å². The third-order valence-electron chi connectivity index (χ3n) is 4.29. The molecule has 1 N–H and O–H groups in total. The lowest BCUT2D eigenvalue weighted by atomic mass is 9.88. The maximum atomic E-state index is 12.3. The van der Waals surface area contributed by atoms with Gasteiger partial charge in [-0.25, -0.2) is 0 Å². The first-order valence-electron chi connectivity index (χ1n) is 7.78. The molecule has 1 amide bonds. The Labute approximate surface area is 149 Å². The number of nitro groups is 1. The van der Waals surface area contributed by atoms with Crippen LogP contribution < -0.4 is 9.47 Å². The molecule has 0 bridgehead atoms. The molecule has 0 aliphatic carbocycles. The molecule has 1 aliphatic rings. The highest BCUT2D eigenvalue weighted by molar-refractivity contribution is 5.81. The molecule has 0 aromatic heterocycles. The van der Waals surface area contributed by atoms with E-state index in [2.05, 4.69) is 0 Å². The monoisotopic (exact) mass is 368 g/mol. The van der Waals surface area contributed by atoms with E-state index >= 15 is 0 Å². The van der Waals surface area contributed by atoms with E-state index in [9.17, 15) is 24.8 Å². The first-order valence-corrected chi connectivity index (χ1v) is 7.78. The molecule has 0 saturated carbocycles. The van der Waals surface area contributed by atoms with Crippen molar-refractivity contribution in [2.45, 2.75) is 6.42 Å². The summed E-state index contributed by atoms with van der Waals surface area (Å²) in [5.41, 5.74) is -1.32. The zero-order valence-corrected chi connectivity index (χ0v) is 14.5. The van der Waals surface area contributed by atoms with Gasteiger partial charge < -0.3 is 24.2 Å². The van der Waals surface area contributed by atoms with Crippen LogP contribution in [0.15, 0.2) is 18.2 Å². The largest absolute Gasteiger partial charge is 0.490 e. The fraction of sp³-hybridized carbons (Fsp3) is 0.500. The predicted octanol–water partition coefficient (Wildman–Crippen LogP) is 0.932. The van der Waals surface area contributed by atoms with Crippen LogP contribution in [0.1, 0.15) is 6.42 Å². The maximum Gasteiger partial charge on any atom is 0.313 e. The van der Waals surface area contributed by atoms with Crippen molar-refractivity contribution in [1.82, 2.24) is 4.90 Å². The van der Waals surface area contributed by atoms with Gasteiger partial charge in [0, 0.05) is 32.3 Å². The van der Waals surface area contributed by atoms with Crippen molar-refractivity contribution in [2.24, 2.45) is 5.41 Å². The summed E-state index contributed by atoms with van der Waals surface area (Å²) >= 11 is 0. The van der Waals surface area contributed by atoms with Crippen molar-refractivity contribution in [3.05, 3.63) is 28.3 Å². The Kier molecular flexibility index (Phi) is 5.98. The number of aliphatic carboxylic acids is 1. The summed E-state index contributed by atoms with van der Waals surface area (Å²) in [6, 6.07) is 3.91. The highest BCUT2D eigenvalue weighted by Gasteiger charge is 2.46. The Bertz CT molecular complexity index is 707. The topological polar surface area (TPSA) is 128 Å². The molecule has 142 valence electrons. The smallest absolute Gasteiger partial charge is 0.313 e. The number of amides is 1. The van der Waals surface area contributed by atoms with Crippen LogP contribution in [0.5, 0.6) is 11.5 Å². The van der Waals surface area contributed by atoms with Crippen LogP contribution in [0.3, 0.4) is 0 Å². The lowest BCUT2D eigenvalue weighted by Crippen LogP contribution is -2.41. The van der Waals surface area contributed by atoms with E-state index in [1.165, 1.54) is 37.3 Å². The fourth-order valence-electron chi connectivity index (χ4n) is 2.85. The number of benzene rings is 1. The lowest BCUT2D eigenvalue weighted by molar-refractivity contribution is -0.385. The average Bonchev–Trinajstić information content (AvgIpc) is 3.05. The van der Waals surface area contributed by atoms with E-state index in [0.717, 1.165) is 0 Å². The van der Waals surface area contributed by atoms with Gasteiger partial charge in [-0.15, -0.1) is 0 Å². The molecule has 1 aromatic carbocycles.